The monoisotopic (exact) mass is 414 g/mol. The van der Waals surface area contributed by atoms with Crippen molar-refractivity contribution in [3.8, 4) is 0 Å². The molecule has 1 aliphatic carbocycles. The van der Waals surface area contributed by atoms with Gasteiger partial charge >= 0.3 is 6.03 Å². The summed E-state index contributed by atoms with van der Waals surface area (Å²) in [6.07, 6.45) is 7.47. The lowest BCUT2D eigenvalue weighted by Crippen LogP contribution is -2.51. The van der Waals surface area contributed by atoms with Crippen molar-refractivity contribution in [2.24, 2.45) is 0 Å². The average Bonchev–Trinajstić information content (AvgIpc) is 2.80. The van der Waals surface area contributed by atoms with E-state index in [2.05, 4.69) is 15.5 Å². The van der Waals surface area contributed by atoms with Crippen LogP contribution < -0.4 is 15.5 Å². The second-order valence-electron chi connectivity index (χ2n) is 8.67. The topological polar surface area (TPSA) is 73.9 Å². The number of rotatable bonds is 4. The Morgan fingerprint density at radius 1 is 0.800 bits per heavy atom. The van der Waals surface area contributed by atoms with Crippen LogP contribution in [-0.4, -0.2) is 68.3 Å². The average molecular weight is 415 g/mol. The van der Waals surface area contributed by atoms with Gasteiger partial charge in [0.1, 0.15) is 0 Å². The smallest absolute Gasteiger partial charge is 0.315 e. The number of anilines is 1. The molecule has 0 radical (unpaired) electrons. The van der Waals surface area contributed by atoms with Crippen LogP contribution in [0, 0.1) is 0 Å². The molecular weight excluding hydrogens is 380 g/mol. The maximum Gasteiger partial charge on any atom is 0.315 e. The Bertz CT molecular complexity index is 704. The SMILES string of the molecule is O=C(NC1CCCCC1)NC1CCN(C(=O)c2ccc(N3CCOCC3)cc2)CC1. The van der Waals surface area contributed by atoms with Gasteiger partial charge < -0.3 is 25.2 Å². The highest BCUT2D eigenvalue weighted by molar-refractivity contribution is 5.94. The Kier molecular flexibility index (Phi) is 7.10. The van der Waals surface area contributed by atoms with Crippen molar-refractivity contribution in [1.82, 2.24) is 15.5 Å². The van der Waals surface area contributed by atoms with Crippen LogP contribution in [0.4, 0.5) is 10.5 Å². The number of urea groups is 1. The maximum atomic E-state index is 12.9. The number of carbonyl (C=O) groups is 2. The lowest BCUT2D eigenvalue weighted by Gasteiger charge is -2.33. The van der Waals surface area contributed by atoms with Gasteiger partial charge in [0, 0.05) is 49.5 Å². The summed E-state index contributed by atoms with van der Waals surface area (Å²) in [5.74, 6) is 0.0774. The van der Waals surface area contributed by atoms with Gasteiger partial charge in [-0.1, -0.05) is 19.3 Å². The standard InChI is InChI=1S/C23H34N4O3/c28-22(18-6-8-21(9-7-18)26-14-16-30-17-15-26)27-12-10-20(11-13-27)25-23(29)24-19-4-2-1-3-5-19/h6-9,19-20H,1-5,10-17H2,(H2,24,25,29). The number of nitrogens with one attached hydrogen (secondary N) is 2. The molecule has 2 aliphatic heterocycles. The van der Waals surface area contributed by atoms with Gasteiger partial charge in [-0.15, -0.1) is 0 Å². The molecule has 0 atom stereocenters. The second kappa shape index (κ2) is 10.2. The van der Waals surface area contributed by atoms with Crippen molar-refractivity contribution in [3.63, 3.8) is 0 Å². The van der Waals surface area contributed by atoms with Crippen LogP contribution in [0.1, 0.15) is 55.3 Å². The van der Waals surface area contributed by atoms with Gasteiger partial charge in [0.2, 0.25) is 0 Å². The zero-order valence-corrected chi connectivity index (χ0v) is 17.8. The molecule has 2 saturated heterocycles. The maximum absolute atomic E-state index is 12.9. The quantitative estimate of drug-likeness (QED) is 0.795. The fraction of sp³-hybridized carbons (Fsp3) is 0.652. The zero-order chi connectivity index (χ0) is 20.8. The molecule has 30 heavy (non-hydrogen) atoms. The van der Waals surface area contributed by atoms with E-state index in [0.717, 1.165) is 63.2 Å². The molecule has 7 nitrogen and oxygen atoms in total. The molecule has 2 N–H and O–H groups in total. The first kappa shape index (κ1) is 21.0. The summed E-state index contributed by atoms with van der Waals surface area (Å²) < 4.78 is 5.40. The van der Waals surface area contributed by atoms with Crippen molar-refractivity contribution in [2.75, 3.05) is 44.3 Å². The first-order valence-electron chi connectivity index (χ1n) is 11.5. The van der Waals surface area contributed by atoms with E-state index in [0.29, 0.717) is 19.1 Å². The van der Waals surface area contributed by atoms with Crippen molar-refractivity contribution >= 4 is 17.6 Å². The molecule has 1 aromatic carbocycles. The van der Waals surface area contributed by atoms with Gasteiger partial charge in [-0.05, 0) is 49.9 Å². The van der Waals surface area contributed by atoms with Crippen LogP contribution in [0.2, 0.25) is 0 Å². The third-order valence-electron chi connectivity index (χ3n) is 6.55. The molecule has 3 amide bonds. The molecule has 4 rings (SSSR count). The Morgan fingerprint density at radius 3 is 2.03 bits per heavy atom. The highest BCUT2D eigenvalue weighted by atomic mass is 16.5. The number of ether oxygens (including phenoxy) is 1. The molecular formula is C23H34N4O3. The van der Waals surface area contributed by atoms with E-state index in [-0.39, 0.29) is 18.0 Å². The molecule has 3 fully saturated rings. The minimum absolute atomic E-state index is 0.0506. The number of piperidine rings is 1. The Labute approximate surface area is 179 Å². The summed E-state index contributed by atoms with van der Waals surface area (Å²) in [6.45, 7) is 4.64. The molecule has 0 unspecified atom stereocenters. The molecule has 1 aromatic rings. The number of hydrogen-bond acceptors (Lipinski definition) is 4. The second-order valence-corrected chi connectivity index (χ2v) is 8.67. The number of nitrogens with zero attached hydrogens (tertiary/aromatic N) is 2. The van der Waals surface area contributed by atoms with Crippen LogP contribution >= 0.6 is 0 Å². The number of likely N-dealkylation sites (tertiary alicyclic amines) is 1. The number of hydrogen-bond donors (Lipinski definition) is 2. The lowest BCUT2D eigenvalue weighted by molar-refractivity contribution is 0.0708. The molecule has 164 valence electrons. The molecule has 7 heteroatoms. The number of benzene rings is 1. The molecule has 1 saturated carbocycles. The Balaban J connectivity index is 1.22. The summed E-state index contributed by atoms with van der Waals surface area (Å²) in [7, 11) is 0. The highest BCUT2D eigenvalue weighted by Crippen LogP contribution is 2.20. The third-order valence-corrected chi connectivity index (χ3v) is 6.55. The fourth-order valence-electron chi connectivity index (χ4n) is 4.71. The van der Waals surface area contributed by atoms with Crippen LogP contribution in [0.15, 0.2) is 24.3 Å². The largest absolute Gasteiger partial charge is 0.378 e. The van der Waals surface area contributed by atoms with Gasteiger partial charge in [0.25, 0.3) is 5.91 Å². The molecule has 3 aliphatic rings. The van der Waals surface area contributed by atoms with E-state index in [9.17, 15) is 9.59 Å². The number of amides is 3. The summed E-state index contributed by atoms with van der Waals surface area (Å²) in [4.78, 5) is 29.3. The predicted molar refractivity (Wildman–Crippen MR) is 117 cm³/mol. The van der Waals surface area contributed by atoms with E-state index in [1.165, 1.54) is 19.3 Å². The first-order valence-corrected chi connectivity index (χ1v) is 11.5. The van der Waals surface area contributed by atoms with Crippen molar-refractivity contribution in [1.29, 1.82) is 0 Å². The van der Waals surface area contributed by atoms with Gasteiger partial charge in [-0.25, -0.2) is 4.79 Å². The summed E-state index contributed by atoms with van der Waals surface area (Å²) in [5, 5.41) is 6.22. The number of morpholine rings is 1. The molecule has 0 aromatic heterocycles. The summed E-state index contributed by atoms with van der Waals surface area (Å²) in [5.41, 5.74) is 1.87. The molecule has 2 heterocycles. The summed E-state index contributed by atoms with van der Waals surface area (Å²) in [6, 6.07) is 8.32. The van der Waals surface area contributed by atoms with Gasteiger partial charge in [0.05, 0.1) is 13.2 Å². The highest BCUT2D eigenvalue weighted by Gasteiger charge is 2.25. The van der Waals surface area contributed by atoms with E-state index in [1.807, 2.05) is 29.2 Å². The third kappa shape index (κ3) is 5.45. The van der Waals surface area contributed by atoms with Gasteiger partial charge in [-0.2, -0.15) is 0 Å². The summed E-state index contributed by atoms with van der Waals surface area (Å²) >= 11 is 0. The minimum atomic E-state index is -0.0506. The normalized spacial score (nSPS) is 21.3. The van der Waals surface area contributed by atoms with Crippen molar-refractivity contribution < 1.29 is 14.3 Å². The Morgan fingerprint density at radius 2 is 1.40 bits per heavy atom. The Hall–Kier alpha value is -2.28. The predicted octanol–water partition coefficient (Wildman–Crippen LogP) is 2.76. The molecule has 0 bridgehead atoms. The first-order chi connectivity index (χ1) is 14.7. The fourth-order valence-corrected chi connectivity index (χ4v) is 4.71. The van der Waals surface area contributed by atoms with E-state index in [4.69, 9.17) is 4.74 Å². The van der Waals surface area contributed by atoms with Gasteiger partial charge in [-0.3, -0.25) is 4.79 Å². The van der Waals surface area contributed by atoms with Crippen LogP contribution in [0.5, 0.6) is 0 Å². The minimum Gasteiger partial charge on any atom is -0.378 e. The molecule has 0 spiro atoms. The van der Waals surface area contributed by atoms with E-state index >= 15 is 0 Å². The van der Waals surface area contributed by atoms with Crippen LogP contribution in [0.25, 0.3) is 0 Å². The number of carbonyl (C=O) groups excluding carboxylic acids is 2. The lowest BCUT2D eigenvalue weighted by atomic mass is 9.96. The van der Waals surface area contributed by atoms with Crippen LogP contribution in [-0.2, 0) is 4.74 Å². The van der Waals surface area contributed by atoms with E-state index in [1.54, 1.807) is 0 Å². The van der Waals surface area contributed by atoms with Crippen molar-refractivity contribution in [2.45, 2.75) is 57.0 Å². The van der Waals surface area contributed by atoms with Crippen molar-refractivity contribution in [3.05, 3.63) is 29.8 Å². The van der Waals surface area contributed by atoms with Crippen LogP contribution in [0.3, 0.4) is 0 Å². The van der Waals surface area contributed by atoms with Gasteiger partial charge in [0.15, 0.2) is 0 Å². The zero-order valence-electron chi connectivity index (χ0n) is 17.8. The van der Waals surface area contributed by atoms with E-state index < -0.39 is 0 Å².